The Kier molecular flexibility index (Phi) is 5.34. The number of methoxy groups -OCH3 is 1. The average molecular weight is 384 g/mol. The molecule has 3 aromatic rings. The van der Waals surface area contributed by atoms with E-state index in [4.69, 9.17) is 4.74 Å². The molecule has 4 heteroatoms. The number of esters is 1. The number of anilines is 2. The van der Waals surface area contributed by atoms with Crippen LogP contribution in [0.1, 0.15) is 17.2 Å². The number of aryl methyl sites for hydroxylation is 1. The second kappa shape index (κ2) is 8.23. The summed E-state index contributed by atoms with van der Waals surface area (Å²) in [5.74, 6) is -0.354. The van der Waals surface area contributed by atoms with Crippen LogP contribution in [0, 0.1) is 6.92 Å². The van der Waals surface area contributed by atoms with Crippen molar-refractivity contribution in [2.45, 2.75) is 13.0 Å². The summed E-state index contributed by atoms with van der Waals surface area (Å²) in [7, 11) is 1.41. The molecule has 29 heavy (non-hydrogen) atoms. The molecule has 4 nitrogen and oxygen atoms in total. The van der Waals surface area contributed by atoms with E-state index < -0.39 is 0 Å². The number of nitrogens with zero attached hydrogens (tertiary/aromatic N) is 2. The van der Waals surface area contributed by atoms with Crippen molar-refractivity contribution in [3.8, 4) is 0 Å². The van der Waals surface area contributed by atoms with Crippen molar-refractivity contribution in [2.24, 2.45) is 0 Å². The quantitative estimate of drug-likeness (QED) is 0.464. The Morgan fingerprint density at radius 3 is 2.14 bits per heavy atom. The molecule has 0 N–H and O–H groups in total. The lowest BCUT2D eigenvalue weighted by atomic mass is 10.0. The zero-order chi connectivity index (χ0) is 20.2. The van der Waals surface area contributed by atoms with E-state index in [0.29, 0.717) is 6.67 Å². The van der Waals surface area contributed by atoms with E-state index in [9.17, 15) is 4.79 Å². The van der Waals surface area contributed by atoms with E-state index in [2.05, 4.69) is 65.3 Å². The van der Waals surface area contributed by atoms with Gasteiger partial charge >= 0.3 is 5.97 Å². The number of para-hydroxylation sites is 1. The van der Waals surface area contributed by atoms with Crippen molar-refractivity contribution < 1.29 is 9.53 Å². The van der Waals surface area contributed by atoms with Crippen LogP contribution in [0.4, 0.5) is 11.4 Å². The van der Waals surface area contributed by atoms with Crippen LogP contribution in [0.5, 0.6) is 0 Å². The maximum absolute atomic E-state index is 12.3. The van der Waals surface area contributed by atoms with Gasteiger partial charge in [0.1, 0.15) is 0 Å². The lowest BCUT2D eigenvalue weighted by molar-refractivity contribution is -0.134. The van der Waals surface area contributed by atoms with Crippen molar-refractivity contribution in [1.29, 1.82) is 0 Å². The summed E-state index contributed by atoms with van der Waals surface area (Å²) in [6.07, 6.45) is 1.61. The monoisotopic (exact) mass is 384 g/mol. The van der Waals surface area contributed by atoms with Gasteiger partial charge in [0.05, 0.1) is 25.5 Å². The lowest BCUT2D eigenvalue weighted by Crippen LogP contribution is -2.26. The zero-order valence-electron chi connectivity index (χ0n) is 16.7. The first-order chi connectivity index (χ1) is 14.2. The zero-order valence-corrected chi connectivity index (χ0v) is 16.7. The van der Waals surface area contributed by atoms with Crippen molar-refractivity contribution >= 4 is 17.3 Å². The van der Waals surface area contributed by atoms with Crippen molar-refractivity contribution in [2.75, 3.05) is 23.6 Å². The fourth-order valence-corrected chi connectivity index (χ4v) is 3.75. The molecule has 0 aliphatic carbocycles. The first kappa shape index (κ1) is 18.8. The summed E-state index contributed by atoms with van der Waals surface area (Å²) in [6.45, 7) is 2.71. The van der Waals surface area contributed by atoms with Crippen LogP contribution < -0.4 is 9.80 Å². The molecule has 3 aromatic carbocycles. The van der Waals surface area contributed by atoms with Crippen LogP contribution in [-0.4, -0.2) is 19.7 Å². The van der Waals surface area contributed by atoms with E-state index in [1.807, 2.05) is 36.4 Å². The maximum Gasteiger partial charge on any atom is 0.332 e. The standard InChI is InChI=1S/C25H24N2O2/c1-19-13-15-22(16-14-19)26-18-27(21-11-7-4-8-12-21)25(20-9-5-3-6-10-20)23(26)17-24(28)29-2/h3-17,25H,18H2,1-2H3/b23-17-. The summed E-state index contributed by atoms with van der Waals surface area (Å²) in [4.78, 5) is 16.8. The topological polar surface area (TPSA) is 32.8 Å². The molecular weight excluding hydrogens is 360 g/mol. The summed E-state index contributed by atoms with van der Waals surface area (Å²) in [5.41, 5.74) is 5.37. The second-order valence-corrected chi connectivity index (χ2v) is 7.12. The van der Waals surface area contributed by atoms with Crippen molar-refractivity contribution in [3.05, 3.63) is 108 Å². The summed E-state index contributed by atoms with van der Waals surface area (Å²) < 4.78 is 4.98. The predicted molar refractivity (Wildman–Crippen MR) is 117 cm³/mol. The van der Waals surface area contributed by atoms with E-state index in [-0.39, 0.29) is 12.0 Å². The normalized spacial score (nSPS) is 17.6. The fraction of sp³-hybridized carbons (Fsp3) is 0.160. The van der Waals surface area contributed by atoms with Gasteiger partial charge < -0.3 is 14.5 Å². The van der Waals surface area contributed by atoms with Crippen molar-refractivity contribution in [3.63, 3.8) is 0 Å². The third-order valence-electron chi connectivity index (χ3n) is 5.21. The summed E-state index contributed by atoms with van der Waals surface area (Å²) in [5, 5.41) is 0. The van der Waals surface area contributed by atoms with Gasteiger partial charge in [0.15, 0.2) is 0 Å². The molecule has 0 aromatic heterocycles. The van der Waals surface area contributed by atoms with Gasteiger partial charge in [-0.3, -0.25) is 0 Å². The number of carbonyl (C=O) groups excluding carboxylic acids is 1. The van der Waals surface area contributed by atoms with Gasteiger partial charge in [-0.2, -0.15) is 0 Å². The SMILES string of the molecule is COC(=O)/C=C1/C(c2ccccc2)N(c2ccccc2)CN1c1ccc(C)cc1. The highest BCUT2D eigenvalue weighted by atomic mass is 16.5. The Hall–Kier alpha value is -3.53. The van der Waals surface area contributed by atoms with Crippen LogP contribution in [0.15, 0.2) is 96.7 Å². The minimum Gasteiger partial charge on any atom is -0.466 e. The molecule has 1 saturated heterocycles. The molecule has 146 valence electrons. The number of rotatable bonds is 4. The van der Waals surface area contributed by atoms with Crippen LogP contribution in [-0.2, 0) is 9.53 Å². The van der Waals surface area contributed by atoms with Gasteiger partial charge in [-0.15, -0.1) is 0 Å². The molecular formula is C25H24N2O2. The first-order valence-corrected chi connectivity index (χ1v) is 9.68. The van der Waals surface area contributed by atoms with Gasteiger partial charge in [0.25, 0.3) is 0 Å². The smallest absolute Gasteiger partial charge is 0.332 e. The molecule has 0 bridgehead atoms. The van der Waals surface area contributed by atoms with Gasteiger partial charge in [-0.1, -0.05) is 66.2 Å². The number of carbonyl (C=O) groups is 1. The average Bonchev–Trinajstić information content (AvgIpc) is 3.14. The van der Waals surface area contributed by atoms with Gasteiger partial charge in [-0.05, 0) is 36.8 Å². The number of benzene rings is 3. The Bertz CT molecular complexity index is 998. The second-order valence-electron chi connectivity index (χ2n) is 7.12. The van der Waals surface area contributed by atoms with E-state index >= 15 is 0 Å². The Morgan fingerprint density at radius 1 is 0.897 bits per heavy atom. The predicted octanol–water partition coefficient (Wildman–Crippen LogP) is 5.08. The highest BCUT2D eigenvalue weighted by molar-refractivity contribution is 5.85. The highest BCUT2D eigenvalue weighted by Crippen LogP contribution is 2.42. The molecule has 4 rings (SSSR count). The molecule has 1 aliphatic heterocycles. The third-order valence-corrected chi connectivity index (χ3v) is 5.21. The number of ether oxygens (including phenoxy) is 1. The van der Waals surface area contributed by atoms with Gasteiger partial charge in [0.2, 0.25) is 0 Å². The van der Waals surface area contributed by atoms with E-state index in [1.54, 1.807) is 6.08 Å². The minimum absolute atomic E-state index is 0.0981. The Morgan fingerprint density at radius 2 is 1.52 bits per heavy atom. The van der Waals surface area contributed by atoms with Crippen LogP contribution in [0.3, 0.4) is 0 Å². The Balaban J connectivity index is 1.87. The molecule has 1 fully saturated rings. The summed E-state index contributed by atoms with van der Waals surface area (Å²) in [6, 6.07) is 28.8. The Labute approximate surface area is 171 Å². The summed E-state index contributed by atoms with van der Waals surface area (Å²) >= 11 is 0. The molecule has 1 heterocycles. The molecule has 1 aliphatic rings. The van der Waals surface area contributed by atoms with E-state index in [0.717, 1.165) is 22.6 Å². The maximum atomic E-state index is 12.3. The van der Waals surface area contributed by atoms with Crippen LogP contribution in [0.25, 0.3) is 0 Å². The third kappa shape index (κ3) is 3.87. The van der Waals surface area contributed by atoms with Gasteiger partial charge in [-0.25, -0.2) is 4.79 Å². The van der Waals surface area contributed by atoms with Crippen molar-refractivity contribution in [1.82, 2.24) is 0 Å². The lowest BCUT2D eigenvalue weighted by Gasteiger charge is -2.25. The highest BCUT2D eigenvalue weighted by Gasteiger charge is 2.37. The molecule has 0 saturated carbocycles. The first-order valence-electron chi connectivity index (χ1n) is 9.68. The van der Waals surface area contributed by atoms with Crippen LogP contribution >= 0.6 is 0 Å². The molecule has 1 atom stereocenters. The molecule has 0 amide bonds. The largest absolute Gasteiger partial charge is 0.466 e. The number of hydrogen-bond acceptors (Lipinski definition) is 4. The fourth-order valence-electron chi connectivity index (χ4n) is 3.75. The van der Waals surface area contributed by atoms with Gasteiger partial charge in [0, 0.05) is 17.5 Å². The number of hydrogen-bond donors (Lipinski definition) is 0. The molecule has 1 unspecified atom stereocenters. The van der Waals surface area contributed by atoms with E-state index in [1.165, 1.54) is 12.7 Å². The molecule has 0 radical (unpaired) electrons. The molecule has 0 spiro atoms. The van der Waals surface area contributed by atoms with Crippen LogP contribution in [0.2, 0.25) is 0 Å². The minimum atomic E-state index is -0.354.